The molecule has 92 valence electrons. The lowest BCUT2D eigenvalue weighted by Gasteiger charge is -2.19. The van der Waals surface area contributed by atoms with Crippen LogP contribution < -0.4 is 10.6 Å². The molecule has 2 rings (SSSR count). The summed E-state index contributed by atoms with van der Waals surface area (Å²) in [6.45, 7) is 1.80. The molecule has 0 saturated carbocycles. The van der Waals surface area contributed by atoms with E-state index in [9.17, 15) is 4.39 Å². The van der Waals surface area contributed by atoms with Crippen molar-refractivity contribution in [1.82, 2.24) is 0 Å². The molecule has 1 fully saturated rings. The molecule has 1 heterocycles. The van der Waals surface area contributed by atoms with E-state index in [-0.39, 0.29) is 28.9 Å². The van der Waals surface area contributed by atoms with Crippen molar-refractivity contribution in [2.24, 2.45) is 11.7 Å². The van der Waals surface area contributed by atoms with E-state index < -0.39 is 0 Å². The van der Waals surface area contributed by atoms with Gasteiger partial charge >= 0.3 is 0 Å². The Kier molecular flexibility index (Phi) is 3.59. The smallest absolute Gasteiger partial charge is 0.135 e. The van der Waals surface area contributed by atoms with Crippen LogP contribution in [0.2, 0.25) is 0 Å². The zero-order valence-corrected chi connectivity index (χ0v) is 10.2. The molecule has 5 heteroatoms. The van der Waals surface area contributed by atoms with Gasteiger partial charge in [0.1, 0.15) is 10.8 Å². The number of rotatable bonds is 3. The van der Waals surface area contributed by atoms with Crippen LogP contribution in [-0.4, -0.2) is 29.8 Å². The molecule has 0 spiro atoms. The minimum absolute atomic E-state index is 0.0729. The van der Waals surface area contributed by atoms with Gasteiger partial charge in [0.25, 0.3) is 0 Å². The Balaban J connectivity index is 2.18. The molecule has 1 aliphatic heterocycles. The topological polar surface area (TPSA) is 49.5 Å². The van der Waals surface area contributed by atoms with Gasteiger partial charge in [0.2, 0.25) is 0 Å². The van der Waals surface area contributed by atoms with Crippen molar-refractivity contribution in [3.8, 4) is 0 Å². The van der Waals surface area contributed by atoms with E-state index in [0.29, 0.717) is 0 Å². The van der Waals surface area contributed by atoms with Crippen molar-refractivity contribution in [2.75, 3.05) is 24.6 Å². The summed E-state index contributed by atoms with van der Waals surface area (Å²) >= 11 is 4.76. The molecule has 3 N–H and O–H groups in total. The zero-order chi connectivity index (χ0) is 12.4. The van der Waals surface area contributed by atoms with Gasteiger partial charge in [-0.2, -0.15) is 0 Å². The van der Waals surface area contributed by atoms with Gasteiger partial charge in [-0.15, -0.1) is 0 Å². The van der Waals surface area contributed by atoms with E-state index in [1.807, 2.05) is 6.07 Å². The molecule has 1 unspecified atom stereocenters. The highest BCUT2D eigenvalue weighted by atomic mass is 32.1. The van der Waals surface area contributed by atoms with Gasteiger partial charge in [-0.1, -0.05) is 12.2 Å². The number of halogens is 1. The Morgan fingerprint density at radius 3 is 2.88 bits per heavy atom. The van der Waals surface area contributed by atoms with Gasteiger partial charge in [0, 0.05) is 36.9 Å². The summed E-state index contributed by atoms with van der Waals surface area (Å²) in [4.78, 5) is 2.14. The van der Waals surface area contributed by atoms with Gasteiger partial charge in [-0.3, -0.25) is 0 Å². The Morgan fingerprint density at radius 2 is 2.35 bits per heavy atom. The second kappa shape index (κ2) is 4.98. The van der Waals surface area contributed by atoms with Gasteiger partial charge in [0.15, 0.2) is 0 Å². The number of aliphatic hydroxyl groups is 1. The van der Waals surface area contributed by atoms with Gasteiger partial charge < -0.3 is 15.7 Å². The number of thiocarbonyl (C=S) groups is 1. The van der Waals surface area contributed by atoms with Crippen molar-refractivity contribution in [2.45, 2.75) is 6.42 Å². The molecule has 0 radical (unpaired) electrons. The first-order valence-electron chi connectivity index (χ1n) is 5.57. The molecular formula is C12H15FN2OS. The van der Waals surface area contributed by atoms with Crippen LogP contribution in [0, 0.1) is 11.7 Å². The van der Waals surface area contributed by atoms with E-state index in [1.165, 1.54) is 6.07 Å². The lowest BCUT2D eigenvalue weighted by atomic mass is 10.1. The van der Waals surface area contributed by atoms with Gasteiger partial charge in [-0.05, 0) is 24.6 Å². The van der Waals surface area contributed by atoms with Gasteiger partial charge in [0.05, 0.1) is 0 Å². The standard InChI is InChI=1S/C12H15FN2OS/c13-11-5-9(1-2-10(11)12(14)17)15-4-3-8(6-15)7-16/h1-2,5,8,16H,3-4,6-7H2,(H2,14,17). The highest BCUT2D eigenvalue weighted by Gasteiger charge is 2.22. The van der Waals surface area contributed by atoms with Crippen molar-refractivity contribution in [1.29, 1.82) is 0 Å². The first-order valence-corrected chi connectivity index (χ1v) is 5.98. The highest BCUT2D eigenvalue weighted by Crippen LogP contribution is 2.25. The molecule has 1 aromatic rings. The van der Waals surface area contributed by atoms with E-state index in [4.69, 9.17) is 23.1 Å². The Morgan fingerprint density at radius 1 is 1.59 bits per heavy atom. The van der Waals surface area contributed by atoms with E-state index in [1.54, 1.807) is 6.07 Å². The average Bonchev–Trinajstić information content (AvgIpc) is 2.76. The molecular weight excluding hydrogens is 239 g/mol. The largest absolute Gasteiger partial charge is 0.396 e. The minimum atomic E-state index is -0.387. The van der Waals surface area contributed by atoms with Crippen LogP contribution in [0.5, 0.6) is 0 Å². The van der Waals surface area contributed by atoms with E-state index in [2.05, 4.69) is 4.90 Å². The normalized spacial score (nSPS) is 19.6. The maximum atomic E-state index is 13.7. The molecule has 0 aromatic heterocycles. The van der Waals surface area contributed by atoms with Crippen LogP contribution in [0.1, 0.15) is 12.0 Å². The predicted molar refractivity (Wildman–Crippen MR) is 69.7 cm³/mol. The lowest BCUT2D eigenvalue weighted by molar-refractivity contribution is 0.238. The third-order valence-corrected chi connectivity index (χ3v) is 3.35. The summed E-state index contributed by atoms with van der Waals surface area (Å²) in [6.07, 6.45) is 0.940. The van der Waals surface area contributed by atoms with Gasteiger partial charge in [-0.25, -0.2) is 4.39 Å². The lowest BCUT2D eigenvalue weighted by Crippen LogP contribution is -2.21. The molecule has 1 saturated heterocycles. The number of hydrogen-bond donors (Lipinski definition) is 2. The summed E-state index contributed by atoms with van der Waals surface area (Å²) in [6, 6.07) is 4.88. The monoisotopic (exact) mass is 254 g/mol. The van der Waals surface area contributed by atoms with Crippen LogP contribution in [0.15, 0.2) is 18.2 Å². The summed E-state index contributed by atoms with van der Waals surface area (Å²) in [5.74, 6) is -0.101. The molecule has 0 aliphatic carbocycles. The number of aliphatic hydroxyl groups excluding tert-OH is 1. The fraction of sp³-hybridized carbons (Fsp3) is 0.417. The molecule has 1 atom stereocenters. The Hall–Kier alpha value is -1.20. The first kappa shape index (κ1) is 12.3. The number of nitrogens with zero attached hydrogens (tertiary/aromatic N) is 1. The van der Waals surface area contributed by atoms with Crippen LogP contribution in [0.3, 0.4) is 0 Å². The van der Waals surface area contributed by atoms with Crippen LogP contribution in [0.4, 0.5) is 10.1 Å². The van der Waals surface area contributed by atoms with Crippen LogP contribution in [-0.2, 0) is 0 Å². The molecule has 0 bridgehead atoms. The van der Waals surface area contributed by atoms with Crippen molar-refractivity contribution in [3.63, 3.8) is 0 Å². The fourth-order valence-corrected chi connectivity index (χ4v) is 2.28. The maximum Gasteiger partial charge on any atom is 0.135 e. The quantitative estimate of drug-likeness (QED) is 0.798. The van der Waals surface area contributed by atoms with E-state index in [0.717, 1.165) is 25.2 Å². The molecule has 1 aliphatic rings. The van der Waals surface area contributed by atoms with E-state index >= 15 is 0 Å². The summed E-state index contributed by atoms with van der Waals surface area (Å²) in [5.41, 5.74) is 6.50. The predicted octanol–water partition coefficient (Wildman–Crippen LogP) is 1.28. The maximum absolute atomic E-state index is 13.7. The first-order chi connectivity index (χ1) is 8.11. The number of nitrogens with two attached hydrogens (primary N) is 1. The van der Waals surface area contributed by atoms with Crippen LogP contribution >= 0.6 is 12.2 Å². The summed E-state index contributed by atoms with van der Waals surface area (Å²) in [5, 5.41) is 9.07. The second-order valence-corrected chi connectivity index (χ2v) is 4.75. The zero-order valence-electron chi connectivity index (χ0n) is 9.40. The minimum Gasteiger partial charge on any atom is -0.396 e. The molecule has 0 amide bonds. The molecule has 17 heavy (non-hydrogen) atoms. The Labute approximate surface area is 105 Å². The number of benzene rings is 1. The number of anilines is 1. The second-order valence-electron chi connectivity index (χ2n) is 4.31. The van der Waals surface area contributed by atoms with Crippen molar-refractivity contribution in [3.05, 3.63) is 29.6 Å². The fourth-order valence-electron chi connectivity index (χ4n) is 2.12. The Bertz CT molecular complexity index is 439. The van der Waals surface area contributed by atoms with Crippen LogP contribution in [0.25, 0.3) is 0 Å². The third-order valence-electron chi connectivity index (χ3n) is 3.13. The summed E-state index contributed by atoms with van der Waals surface area (Å²) < 4.78 is 13.7. The van der Waals surface area contributed by atoms with Crippen molar-refractivity contribution >= 4 is 22.9 Å². The average molecular weight is 254 g/mol. The highest BCUT2D eigenvalue weighted by molar-refractivity contribution is 7.80. The summed E-state index contributed by atoms with van der Waals surface area (Å²) in [7, 11) is 0. The molecule has 3 nitrogen and oxygen atoms in total. The third kappa shape index (κ3) is 2.56. The number of hydrogen-bond acceptors (Lipinski definition) is 3. The SMILES string of the molecule is NC(=S)c1ccc(N2CCC(CO)C2)cc1F. The molecule has 1 aromatic carbocycles. The van der Waals surface area contributed by atoms with Crippen molar-refractivity contribution < 1.29 is 9.50 Å².